The van der Waals surface area contributed by atoms with Gasteiger partial charge in [-0.1, -0.05) is 12.8 Å². The molecule has 1 saturated carbocycles. The lowest BCUT2D eigenvalue weighted by molar-refractivity contribution is -0.142. The van der Waals surface area contributed by atoms with Crippen LogP contribution in [0.4, 0.5) is 4.79 Å². The van der Waals surface area contributed by atoms with Gasteiger partial charge in [0, 0.05) is 6.04 Å². The Bertz CT molecular complexity index is 374. The van der Waals surface area contributed by atoms with Gasteiger partial charge < -0.3 is 9.84 Å². The maximum atomic E-state index is 12.3. The summed E-state index contributed by atoms with van der Waals surface area (Å²) in [7, 11) is 0. The summed E-state index contributed by atoms with van der Waals surface area (Å²) >= 11 is 0. The topological polar surface area (TPSA) is 66.8 Å². The van der Waals surface area contributed by atoms with E-state index in [0.29, 0.717) is 12.3 Å². The molecule has 2 aliphatic rings. The molecule has 108 valence electrons. The Morgan fingerprint density at radius 1 is 1.21 bits per heavy atom. The van der Waals surface area contributed by atoms with Crippen molar-refractivity contribution in [3.63, 3.8) is 0 Å². The van der Waals surface area contributed by atoms with E-state index in [9.17, 15) is 14.7 Å². The monoisotopic (exact) mass is 269 g/mol. The quantitative estimate of drug-likeness (QED) is 0.794. The van der Waals surface area contributed by atoms with Crippen LogP contribution in [-0.2, 0) is 9.53 Å². The van der Waals surface area contributed by atoms with Gasteiger partial charge >= 0.3 is 12.1 Å². The number of hydrogen-bond donors (Lipinski definition) is 1. The van der Waals surface area contributed by atoms with Gasteiger partial charge in [-0.05, 0) is 46.0 Å². The Morgan fingerprint density at radius 2 is 1.84 bits per heavy atom. The zero-order valence-electron chi connectivity index (χ0n) is 11.9. The van der Waals surface area contributed by atoms with Crippen LogP contribution in [0.15, 0.2) is 0 Å². The predicted octanol–water partition coefficient (Wildman–Crippen LogP) is 2.64. The van der Waals surface area contributed by atoms with E-state index < -0.39 is 23.7 Å². The van der Waals surface area contributed by atoms with Crippen LogP contribution in [0.5, 0.6) is 0 Å². The number of carbonyl (C=O) groups excluding carboxylic acids is 1. The molecule has 0 aromatic carbocycles. The predicted molar refractivity (Wildman–Crippen MR) is 69.9 cm³/mol. The van der Waals surface area contributed by atoms with Crippen LogP contribution in [0.25, 0.3) is 0 Å². The molecule has 5 heteroatoms. The van der Waals surface area contributed by atoms with Crippen molar-refractivity contribution in [1.82, 2.24) is 4.90 Å². The summed E-state index contributed by atoms with van der Waals surface area (Å²) in [6, 6.07) is -0.673. The number of rotatable bonds is 1. The van der Waals surface area contributed by atoms with Crippen LogP contribution in [0.3, 0.4) is 0 Å². The summed E-state index contributed by atoms with van der Waals surface area (Å²) in [6.45, 7) is 5.40. The van der Waals surface area contributed by atoms with E-state index in [1.807, 2.05) is 0 Å². The molecule has 1 N–H and O–H groups in total. The summed E-state index contributed by atoms with van der Waals surface area (Å²) in [5, 5.41) is 9.33. The number of aliphatic carboxylic acids is 1. The maximum Gasteiger partial charge on any atom is 0.411 e. The summed E-state index contributed by atoms with van der Waals surface area (Å²) in [5.41, 5.74) is -0.590. The first-order valence-corrected chi connectivity index (χ1v) is 7.04. The first kappa shape index (κ1) is 14.2. The van der Waals surface area contributed by atoms with Crippen LogP contribution in [0.2, 0.25) is 0 Å². The highest BCUT2D eigenvalue weighted by molar-refractivity contribution is 5.81. The molecule has 1 heterocycles. The van der Waals surface area contributed by atoms with Gasteiger partial charge in [-0.3, -0.25) is 4.90 Å². The third-order valence-corrected chi connectivity index (χ3v) is 3.98. The largest absolute Gasteiger partial charge is 0.480 e. The van der Waals surface area contributed by atoms with Gasteiger partial charge in [0.15, 0.2) is 0 Å². The van der Waals surface area contributed by atoms with Crippen molar-refractivity contribution >= 4 is 12.1 Å². The van der Waals surface area contributed by atoms with Gasteiger partial charge in [-0.2, -0.15) is 0 Å². The average molecular weight is 269 g/mol. The maximum absolute atomic E-state index is 12.3. The zero-order chi connectivity index (χ0) is 14.2. The fourth-order valence-electron chi connectivity index (χ4n) is 3.26. The van der Waals surface area contributed by atoms with E-state index in [0.717, 1.165) is 25.7 Å². The molecule has 0 spiro atoms. The van der Waals surface area contributed by atoms with Gasteiger partial charge in [-0.15, -0.1) is 0 Å². The van der Waals surface area contributed by atoms with Gasteiger partial charge in [0.2, 0.25) is 0 Å². The molecule has 0 unspecified atom stereocenters. The first-order chi connectivity index (χ1) is 8.79. The molecule has 1 aliphatic heterocycles. The number of hydrogen-bond acceptors (Lipinski definition) is 3. The lowest BCUT2D eigenvalue weighted by Gasteiger charge is -2.34. The number of nitrogens with zero attached hydrogens (tertiary/aromatic N) is 1. The van der Waals surface area contributed by atoms with Crippen molar-refractivity contribution in [3.05, 3.63) is 0 Å². The molecule has 1 amide bonds. The van der Waals surface area contributed by atoms with Crippen molar-refractivity contribution in [1.29, 1.82) is 0 Å². The summed E-state index contributed by atoms with van der Waals surface area (Å²) in [4.78, 5) is 25.1. The number of carboxylic acid groups (broad SMARTS) is 1. The van der Waals surface area contributed by atoms with Gasteiger partial charge in [0.25, 0.3) is 0 Å². The molecule has 0 radical (unpaired) electrons. The molecule has 2 fully saturated rings. The fourth-order valence-corrected chi connectivity index (χ4v) is 3.26. The van der Waals surface area contributed by atoms with Crippen molar-refractivity contribution < 1.29 is 19.4 Å². The van der Waals surface area contributed by atoms with Crippen LogP contribution in [0, 0.1) is 5.92 Å². The van der Waals surface area contributed by atoms with E-state index in [4.69, 9.17) is 4.74 Å². The first-order valence-electron chi connectivity index (χ1n) is 7.04. The lowest BCUT2D eigenvalue weighted by atomic mass is 9.85. The van der Waals surface area contributed by atoms with Crippen molar-refractivity contribution in [3.8, 4) is 0 Å². The second-order valence-electron chi connectivity index (χ2n) is 6.59. The normalized spacial score (nSPS) is 30.9. The Morgan fingerprint density at radius 3 is 2.42 bits per heavy atom. The molecule has 5 nitrogen and oxygen atoms in total. The van der Waals surface area contributed by atoms with Crippen LogP contribution in [-0.4, -0.2) is 39.8 Å². The molecule has 0 aromatic rings. The minimum absolute atomic E-state index is 0.0460. The van der Waals surface area contributed by atoms with E-state index in [1.165, 1.54) is 4.90 Å². The molecular weight excluding hydrogens is 246 g/mol. The number of carbonyl (C=O) groups is 2. The third-order valence-electron chi connectivity index (χ3n) is 3.98. The van der Waals surface area contributed by atoms with Crippen LogP contribution in [0.1, 0.15) is 52.9 Å². The number of ether oxygens (including phenoxy) is 1. The molecule has 1 aliphatic carbocycles. The summed E-state index contributed by atoms with van der Waals surface area (Å²) in [5.74, 6) is -0.595. The smallest absolute Gasteiger partial charge is 0.411 e. The number of fused-ring (bicyclic) bond motifs is 1. The zero-order valence-corrected chi connectivity index (χ0v) is 11.9. The van der Waals surface area contributed by atoms with Crippen molar-refractivity contribution in [2.75, 3.05) is 0 Å². The van der Waals surface area contributed by atoms with Gasteiger partial charge in [0.05, 0.1) is 0 Å². The molecule has 1 saturated heterocycles. The van der Waals surface area contributed by atoms with E-state index in [-0.39, 0.29) is 6.04 Å². The standard InChI is InChI=1S/C14H23NO4/c1-14(2,3)19-13(18)15-10-7-5-4-6-9(10)8-11(15)12(16)17/h9-11H,4-8H2,1-3H3,(H,16,17)/t9-,10+,11-/m0/s1. The molecule has 0 bridgehead atoms. The second kappa shape index (κ2) is 5.02. The summed E-state index contributed by atoms with van der Waals surface area (Å²) in [6.07, 6.45) is 4.21. The lowest BCUT2D eigenvalue weighted by Crippen LogP contribution is -2.48. The minimum Gasteiger partial charge on any atom is -0.480 e. The SMILES string of the molecule is CC(C)(C)OC(=O)N1[C@@H]2CCCC[C@H]2C[C@H]1C(=O)O. The second-order valence-corrected chi connectivity index (χ2v) is 6.59. The minimum atomic E-state index is -0.916. The molecule has 19 heavy (non-hydrogen) atoms. The van der Waals surface area contributed by atoms with Gasteiger partial charge in [0.1, 0.15) is 11.6 Å². The Labute approximate surface area is 113 Å². The third kappa shape index (κ3) is 3.01. The number of carboxylic acids is 1. The Balaban J connectivity index is 2.17. The molecule has 0 aromatic heterocycles. The Hall–Kier alpha value is -1.26. The summed E-state index contributed by atoms with van der Waals surface area (Å²) < 4.78 is 5.37. The number of likely N-dealkylation sites (tertiary alicyclic amines) is 1. The fraction of sp³-hybridized carbons (Fsp3) is 0.857. The highest BCUT2D eigenvalue weighted by Gasteiger charge is 2.48. The van der Waals surface area contributed by atoms with E-state index in [2.05, 4.69) is 0 Å². The average Bonchev–Trinajstić information content (AvgIpc) is 2.65. The van der Waals surface area contributed by atoms with Crippen LogP contribution < -0.4 is 0 Å². The van der Waals surface area contributed by atoms with Crippen LogP contribution >= 0.6 is 0 Å². The van der Waals surface area contributed by atoms with Gasteiger partial charge in [-0.25, -0.2) is 9.59 Å². The van der Waals surface area contributed by atoms with Crippen molar-refractivity contribution in [2.24, 2.45) is 5.92 Å². The molecule has 2 rings (SSSR count). The van der Waals surface area contributed by atoms with E-state index in [1.54, 1.807) is 20.8 Å². The molecular formula is C14H23NO4. The Kier molecular flexibility index (Phi) is 3.74. The number of amides is 1. The highest BCUT2D eigenvalue weighted by Crippen LogP contribution is 2.40. The molecule has 3 atom stereocenters. The van der Waals surface area contributed by atoms with E-state index >= 15 is 0 Å². The highest BCUT2D eigenvalue weighted by atomic mass is 16.6. The van der Waals surface area contributed by atoms with Crippen molar-refractivity contribution in [2.45, 2.75) is 70.6 Å².